The van der Waals surface area contributed by atoms with Gasteiger partial charge >= 0.3 is 5.97 Å². The number of benzene rings is 2. The van der Waals surface area contributed by atoms with Crippen LogP contribution in [-0.4, -0.2) is 63.6 Å². The number of hydrogen-bond acceptors (Lipinski definition) is 6. The molecule has 0 unspecified atom stereocenters. The number of rotatable bonds is 13. The summed E-state index contributed by atoms with van der Waals surface area (Å²) in [5.41, 5.74) is 2.00. The number of anilines is 1. The van der Waals surface area contributed by atoms with Crippen LogP contribution in [-0.2, 0) is 16.1 Å². The van der Waals surface area contributed by atoms with E-state index in [9.17, 15) is 19.1 Å². The number of ether oxygens (including phenoxy) is 2. The number of aromatic nitrogens is 2. The Balaban J connectivity index is 1.48. The van der Waals surface area contributed by atoms with E-state index in [1.54, 1.807) is 29.9 Å². The second-order valence-corrected chi connectivity index (χ2v) is 11.6. The lowest BCUT2D eigenvalue weighted by atomic mass is 9.84. The first kappa shape index (κ1) is 30.5. The molecule has 9 nitrogen and oxygen atoms in total. The van der Waals surface area contributed by atoms with Gasteiger partial charge in [-0.05, 0) is 73.7 Å². The van der Waals surface area contributed by atoms with E-state index >= 15 is 0 Å². The normalized spacial score (nSPS) is 19.7. The first-order valence-corrected chi connectivity index (χ1v) is 15.2. The van der Waals surface area contributed by atoms with E-state index in [0.717, 1.165) is 31.2 Å². The molecule has 2 aromatic carbocycles. The van der Waals surface area contributed by atoms with Crippen LogP contribution in [0.25, 0.3) is 0 Å². The molecule has 0 spiro atoms. The fourth-order valence-electron chi connectivity index (χ4n) is 6.69. The number of carboxylic acids is 1. The molecule has 0 radical (unpaired) electrons. The number of likely N-dealkylation sites (tertiary alicyclic amines) is 1. The maximum Gasteiger partial charge on any atom is 0.308 e. The molecular formula is C33H41FN4O5. The van der Waals surface area contributed by atoms with Gasteiger partial charge in [0, 0.05) is 49.2 Å². The summed E-state index contributed by atoms with van der Waals surface area (Å²) in [7, 11) is 0. The van der Waals surface area contributed by atoms with Crippen LogP contribution in [0.2, 0.25) is 0 Å². The average molecular weight is 593 g/mol. The highest BCUT2D eigenvalue weighted by atomic mass is 19.1. The van der Waals surface area contributed by atoms with Gasteiger partial charge in [0.25, 0.3) is 0 Å². The number of carbonyl (C=O) groups excluding carboxylic acids is 1. The van der Waals surface area contributed by atoms with Gasteiger partial charge < -0.3 is 19.5 Å². The largest absolute Gasteiger partial charge is 0.481 e. The van der Waals surface area contributed by atoms with E-state index in [2.05, 4.69) is 18.9 Å². The number of nitrogens with zero attached hydrogens (tertiary/aromatic N) is 4. The molecule has 230 valence electrons. The van der Waals surface area contributed by atoms with Gasteiger partial charge in [-0.2, -0.15) is 5.10 Å². The Kier molecular flexibility index (Phi) is 9.65. The molecule has 5 rings (SSSR count). The number of hydrogen-bond donors (Lipinski definition) is 1. The van der Waals surface area contributed by atoms with Gasteiger partial charge in [0.1, 0.15) is 5.82 Å². The third kappa shape index (κ3) is 6.69. The molecule has 1 saturated heterocycles. The highest BCUT2D eigenvalue weighted by Crippen LogP contribution is 2.43. The fraction of sp³-hybridized carbons (Fsp3) is 0.485. The van der Waals surface area contributed by atoms with Crippen molar-refractivity contribution in [3.05, 3.63) is 71.8 Å². The van der Waals surface area contributed by atoms with Crippen LogP contribution in [0.5, 0.6) is 11.5 Å². The van der Waals surface area contributed by atoms with Gasteiger partial charge in [0.15, 0.2) is 11.5 Å². The summed E-state index contributed by atoms with van der Waals surface area (Å²) in [5, 5.41) is 14.9. The molecule has 1 amide bonds. The lowest BCUT2D eigenvalue weighted by Crippen LogP contribution is -2.48. The number of carbonyl (C=O) groups is 2. The van der Waals surface area contributed by atoms with Crippen molar-refractivity contribution in [2.45, 2.75) is 77.4 Å². The third-order valence-electron chi connectivity index (χ3n) is 8.71. The molecule has 0 bridgehead atoms. The maximum absolute atomic E-state index is 14.3. The number of aryl methyl sites for hydroxylation is 2. The fourth-order valence-corrected chi connectivity index (χ4v) is 6.69. The Labute approximate surface area is 252 Å². The number of fused-ring (bicyclic) bond motifs is 1. The number of amides is 1. The minimum absolute atomic E-state index is 0.0441. The second kappa shape index (κ2) is 13.6. The van der Waals surface area contributed by atoms with Gasteiger partial charge in [-0.1, -0.05) is 32.8 Å². The summed E-state index contributed by atoms with van der Waals surface area (Å²) in [6.45, 7) is 7.00. The topological polar surface area (TPSA) is 97.1 Å². The SMILES string of the molecule is CCCC(CCC)N(C(=O)CN1C[C@H](c2ccc3c(c2)OCO3)[C@H](C(=O)O)[C@H]1CCn1cccn1)c1ccc(F)c(C)c1. The van der Waals surface area contributed by atoms with Gasteiger partial charge in [0.2, 0.25) is 12.7 Å². The quantitative estimate of drug-likeness (QED) is 0.275. The molecule has 0 aliphatic carbocycles. The highest BCUT2D eigenvalue weighted by molar-refractivity contribution is 5.95. The highest BCUT2D eigenvalue weighted by Gasteiger charge is 2.47. The van der Waals surface area contributed by atoms with Crippen molar-refractivity contribution in [1.82, 2.24) is 14.7 Å². The van der Waals surface area contributed by atoms with E-state index in [4.69, 9.17) is 9.47 Å². The summed E-state index contributed by atoms with van der Waals surface area (Å²) in [5.74, 6) is -1.18. The van der Waals surface area contributed by atoms with Crippen molar-refractivity contribution in [3.63, 3.8) is 0 Å². The Morgan fingerprint density at radius 1 is 1.12 bits per heavy atom. The van der Waals surface area contributed by atoms with Crippen molar-refractivity contribution >= 4 is 17.6 Å². The van der Waals surface area contributed by atoms with Crippen molar-refractivity contribution in [1.29, 1.82) is 0 Å². The van der Waals surface area contributed by atoms with E-state index < -0.39 is 17.9 Å². The van der Waals surface area contributed by atoms with Crippen LogP contribution in [0, 0.1) is 18.7 Å². The predicted molar refractivity (Wildman–Crippen MR) is 161 cm³/mol. The van der Waals surface area contributed by atoms with E-state index in [1.165, 1.54) is 6.07 Å². The number of carboxylic acid groups (broad SMARTS) is 1. The number of aliphatic carboxylic acids is 1. The maximum atomic E-state index is 14.3. The van der Waals surface area contributed by atoms with Crippen LogP contribution < -0.4 is 14.4 Å². The molecular weight excluding hydrogens is 551 g/mol. The molecule has 43 heavy (non-hydrogen) atoms. The standard InChI is InChI=1S/C33H41FN4O5/c1-4-7-24(8-5-2)38(25-10-11-27(34)22(3)17-25)31(39)20-36-19-26(23-9-12-29-30(18-23)43-21-42-29)32(33(40)41)28(36)13-16-37-15-6-14-35-37/h6,9-12,14-15,17-18,24,26,28,32H,4-5,7-8,13,16,19-21H2,1-3H3,(H,40,41)/t26-,28-,32+/m1/s1. The molecule has 2 aliphatic heterocycles. The molecule has 1 fully saturated rings. The van der Waals surface area contributed by atoms with Crippen molar-refractivity contribution in [2.24, 2.45) is 5.92 Å². The zero-order valence-corrected chi connectivity index (χ0v) is 25.1. The Morgan fingerprint density at radius 3 is 2.56 bits per heavy atom. The summed E-state index contributed by atoms with van der Waals surface area (Å²) in [6.07, 6.45) is 7.50. The summed E-state index contributed by atoms with van der Waals surface area (Å²) >= 11 is 0. The Morgan fingerprint density at radius 2 is 1.88 bits per heavy atom. The average Bonchev–Trinajstić information content (AvgIpc) is 3.74. The molecule has 2 aliphatic rings. The smallest absolute Gasteiger partial charge is 0.308 e. The van der Waals surface area contributed by atoms with E-state index in [1.807, 2.05) is 40.3 Å². The van der Waals surface area contributed by atoms with Crippen LogP contribution in [0.15, 0.2) is 54.9 Å². The first-order chi connectivity index (χ1) is 20.8. The summed E-state index contributed by atoms with van der Waals surface area (Å²) in [6, 6.07) is 11.8. The monoisotopic (exact) mass is 592 g/mol. The molecule has 0 saturated carbocycles. The van der Waals surface area contributed by atoms with Crippen LogP contribution in [0.1, 0.15) is 63.0 Å². The van der Waals surface area contributed by atoms with Crippen LogP contribution >= 0.6 is 0 Å². The first-order valence-electron chi connectivity index (χ1n) is 15.2. The van der Waals surface area contributed by atoms with E-state index in [0.29, 0.717) is 42.3 Å². The second-order valence-electron chi connectivity index (χ2n) is 11.6. The zero-order chi connectivity index (χ0) is 30.5. The Bertz CT molecular complexity index is 1410. The lowest BCUT2D eigenvalue weighted by Gasteiger charge is -2.35. The van der Waals surface area contributed by atoms with Crippen molar-refractivity contribution < 1.29 is 28.6 Å². The van der Waals surface area contributed by atoms with Crippen LogP contribution in [0.3, 0.4) is 0 Å². The summed E-state index contributed by atoms with van der Waals surface area (Å²) in [4.78, 5) is 31.1. The van der Waals surface area contributed by atoms with Crippen molar-refractivity contribution in [2.75, 3.05) is 24.8 Å². The van der Waals surface area contributed by atoms with Gasteiger partial charge in [0.05, 0.1) is 12.5 Å². The lowest BCUT2D eigenvalue weighted by molar-refractivity contribution is -0.143. The molecule has 10 heteroatoms. The molecule has 3 atom stereocenters. The third-order valence-corrected chi connectivity index (χ3v) is 8.71. The Hall–Kier alpha value is -3.92. The van der Waals surface area contributed by atoms with Gasteiger partial charge in [-0.25, -0.2) is 4.39 Å². The number of halogens is 1. The molecule has 1 N–H and O–H groups in total. The van der Waals surface area contributed by atoms with E-state index in [-0.39, 0.29) is 37.0 Å². The minimum atomic E-state index is -0.899. The molecule has 3 aromatic rings. The molecule has 1 aromatic heterocycles. The molecule has 3 heterocycles. The zero-order valence-electron chi connectivity index (χ0n) is 25.1. The van der Waals surface area contributed by atoms with Crippen molar-refractivity contribution in [3.8, 4) is 11.5 Å². The predicted octanol–water partition coefficient (Wildman–Crippen LogP) is 5.62. The van der Waals surface area contributed by atoms with Gasteiger partial charge in [-0.3, -0.25) is 19.2 Å². The van der Waals surface area contributed by atoms with Crippen LogP contribution in [0.4, 0.5) is 10.1 Å². The summed E-state index contributed by atoms with van der Waals surface area (Å²) < 4.78 is 27.1. The van der Waals surface area contributed by atoms with Gasteiger partial charge in [-0.15, -0.1) is 0 Å². The minimum Gasteiger partial charge on any atom is -0.481 e.